The van der Waals surface area contributed by atoms with Crippen molar-refractivity contribution in [2.24, 2.45) is 4.99 Å². The molecule has 0 spiro atoms. The minimum absolute atomic E-state index is 0.732. The van der Waals surface area contributed by atoms with Crippen LogP contribution in [0, 0.1) is 0 Å². The molecule has 1 aromatic carbocycles. The van der Waals surface area contributed by atoms with Gasteiger partial charge in [-0.2, -0.15) is 0 Å². The number of hydrogen-bond acceptors (Lipinski definition) is 3. The average molecular weight is 327 g/mol. The van der Waals surface area contributed by atoms with Crippen LogP contribution < -0.4 is 4.90 Å². The summed E-state index contributed by atoms with van der Waals surface area (Å²) in [5.74, 6) is 1.32. The number of anilines is 1. The predicted octanol–water partition coefficient (Wildman–Crippen LogP) is 3.98. The van der Waals surface area contributed by atoms with Gasteiger partial charge in [0.15, 0.2) is 0 Å². The van der Waals surface area contributed by atoms with E-state index in [0.717, 1.165) is 44.5 Å². The topological polar surface area (TPSA) is 28.1 Å². The molecule has 4 nitrogen and oxygen atoms in total. The van der Waals surface area contributed by atoms with Gasteiger partial charge in [-0.1, -0.05) is 31.4 Å². The lowest BCUT2D eigenvalue weighted by atomic mass is 9.94. The van der Waals surface area contributed by atoms with Crippen molar-refractivity contribution in [1.82, 2.24) is 4.90 Å². The van der Waals surface area contributed by atoms with E-state index in [1.54, 1.807) is 0 Å². The molecule has 130 valence electrons. The highest BCUT2D eigenvalue weighted by Gasteiger charge is 2.28. The fraction of sp³-hybridized carbons (Fsp3) is 0.650. The number of amidine groups is 1. The lowest BCUT2D eigenvalue weighted by Crippen LogP contribution is -2.38. The first-order chi connectivity index (χ1) is 11.9. The molecule has 2 heterocycles. The van der Waals surface area contributed by atoms with Gasteiger partial charge in [0, 0.05) is 32.1 Å². The molecule has 24 heavy (non-hydrogen) atoms. The van der Waals surface area contributed by atoms with Gasteiger partial charge in [-0.05, 0) is 31.4 Å². The molecule has 0 radical (unpaired) electrons. The Balaban J connectivity index is 1.57. The SMILES string of the molecule is c1ccc(N2CCOCC2)c(/N=C2\CCCN2C2CCCCC2)c1. The van der Waals surface area contributed by atoms with Gasteiger partial charge >= 0.3 is 0 Å². The van der Waals surface area contributed by atoms with E-state index < -0.39 is 0 Å². The van der Waals surface area contributed by atoms with Crippen molar-refractivity contribution < 1.29 is 4.74 Å². The van der Waals surface area contributed by atoms with E-state index in [-0.39, 0.29) is 0 Å². The summed E-state index contributed by atoms with van der Waals surface area (Å²) in [7, 11) is 0. The first kappa shape index (κ1) is 15.9. The number of hydrogen-bond donors (Lipinski definition) is 0. The van der Waals surface area contributed by atoms with Crippen LogP contribution in [0.15, 0.2) is 29.3 Å². The van der Waals surface area contributed by atoms with Crippen molar-refractivity contribution in [3.8, 4) is 0 Å². The van der Waals surface area contributed by atoms with Crippen LogP contribution in [0.5, 0.6) is 0 Å². The van der Waals surface area contributed by atoms with E-state index in [0.29, 0.717) is 0 Å². The summed E-state index contributed by atoms with van der Waals surface area (Å²) in [5.41, 5.74) is 2.40. The summed E-state index contributed by atoms with van der Waals surface area (Å²) in [6.07, 6.45) is 9.28. The Bertz CT molecular complexity index is 574. The minimum atomic E-state index is 0.732. The van der Waals surface area contributed by atoms with Crippen LogP contribution in [-0.2, 0) is 4.74 Å². The van der Waals surface area contributed by atoms with E-state index in [4.69, 9.17) is 9.73 Å². The number of nitrogens with zero attached hydrogens (tertiary/aromatic N) is 3. The molecule has 1 aromatic rings. The van der Waals surface area contributed by atoms with Crippen LogP contribution in [0.1, 0.15) is 44.9 Å². The second-order valence-corrected chi connectivity index (χ2v) is 7.20. The summed E-state index contributed by atoms with van der Waals surface area (Å²) >= 11 is 0. The van der Waals surface area contributed by atoms with Crippen LogP contribution in [0.4, 0.5) is 11.4 Å². The van der Waals surface area contributed by atoms with Gasteiger partial charge in [-0.25, -0.2) is 4.99 Å². The Morgan fingerprint density at radius 2 is 1.71 bits per heavy atom. The second-order valence-electron chi connectivity index (χ2n) is 7.20. The molecular formula is C20H29N3O. The van der Waals surface area contributed by atoms with E-state index in [1.165, 1.54) is 56.6 Å². The van der Waals surface area contributed by atoms with Crippen LogP contribution in [0.25, 0.3) is 0 Å². The van der Waals surface area contributed by atoms with Crippen molar-refractivity contribution in [3.63, 3.8) is 0 Å². The highest BCUT2D eigenvalue weighted by atomic mass is 16.5. The van der Waals surface area contributed by atoms with Gasteiger partial charge in [0.25, 0.3) is 0 Å². The molecule has 3 aliphatic rings. The van der Waals surface area contributed by atoms with E-state index in [9.17, 15) is 0 Å². The Kier molecular flexibility index (Phi) is 5.02. The van der Waals surface area contributed by atoms with Crippen LogP contribution in [0.3, 0.4) is 0 Å². The third-order valence-electron chi connectivity index (χ3n) is 5.63. The number of benzene rings is 1. The van der Waals surface area contributed by atoms with Crippen molar-refractivity contribution in [2.75, 3.05) is 37.7 Å². The number of likely N-dealkylation sites (tertiary alicyclic amines) is 1. The molecule has 0 aromatic heterocycles. The van der Waals surface area contributed by atoms with E-state index >= 15 is 0 Å². The standard InChI is InChI=1S/C20H29N3O/c1-2-7-17(8-3-1)23-12-6-11-20(23)21-18-9-4-5-10-19(18)22-13-15-24-16-14-22/h4-5,9-10,17H,1-3,6-8,11-16H2/b21-20+. The van der Waals surface area contributed by atoms with Gasteiger partial charge in [0.1, 0.15) is 5.84 Å². The normalized spacial score (nSPS) is 24.8. The zero-order valence-electron chi connectivity index (χ0n) is 14.6. The molecule has 4 rings (SSSR count). The third kappa shape index (κ3) is 3.44. The third-order valence-corrected chi connectivity index (χ3v) is 5.63. The monoisotopic (exact) mass is 327 g/mol. The number of para-hydroxylation sites is 2. The maximum Gasteiger partial charge on any atom is 0.105 e. The van der Waals surface area contributed by atoms with Gasteiger partial charge in [0.2, 0.25) is 0 Å². The zero-order chi connectivity index (χ0) is 16.2. The molecule has 2 saturated heterocycles. The molecule has 0 amide bonds. The van der Waals surface area contributed by atoms with Gasteiger partial charge < -0.3 is 14.5 Å². The average Bonchev–Trinajstić information content (AvgIpc) is 3.12. The fourth-order valence-electron chi connectivity index (χ4n) is 4.36. The summed E-state index contributed by atoms with van der Waals surface area (Å²) < 4.78 is 5.51. The second kappa shape index (κ2) is 7.56. The molecular weight excluding hydrogens is 298 g/mol. The van der Waals surface area contributed by atoms with Gasteiger partial charge in [0.05, 0.1) is 24.6 Å². The van der Waals surface area contributed by atoms with E-state index in [1.807, 2.05) is 0 Å². The maximum atomic E-state index is 5.51. The molecule has 0 N–H and O–H groups in total. The Hall–Kier alpha value is -1.55. The first-order valence-electron chi connectivity index (χ1n) is 9.68. The fourth-order valence-corrected chi connectivity index (χ4v) is 4.36. The van der Waals surface area contributed by atoms with Crippen LogP contribution >= 0.6 is 0 Å². The summed E-state index contributed by atoms with van der Waals surface area (Å²) in [6.45, 7) is 4.77. The van der Waals surface area contributed by atoms with Crippen molar-refractivity contribution >= 4 is 17.2 Å². The number of aliphatic imine (C=N–C) groups is 1. The smallest absolute Gasteiger partial charge is 0.105 e. The Morgan fingerprint density at radius 1 is 0.917 bits per heavy atom. The van der Waals surface area contributed by atoms with E-state index in [2.05, 4.69) is 34.1 Å². The molecule has 2 aliphatic heterocycles. The lowest BCUT2D eigenvalue weighted by molar-refractivity contribution is 0.123. The number of rotatable bonds is 3. The zero-order valence-corrected chi connectivity index (χ0v) is 14.6. The molecule has 0 bridgehead atoms. The quantitative estimate of drug-likeness (QED) is 0.840. The molecule has 1 saturated carbocycles. The first-order valence-corrected chi connectivity index (χ1v) is 9.68. The molecule has 4 heteroatoms. The van der Waals surface area contributed by atoms with Crippen molar-refractivity contribution in [2.45, 2.75) is 51.0 Å². The highest BCUT2D eigenvalue weighted by Crippen LogP contribution is 2.32. The Labute approximate surface area is 145 Å². The molecule has 1 aliphatic carbocycles. The highest BCUT2D eigenvalue weighted by molar-refractivity contribution is 5.88. The van der Waals surface area contributed by atoms with Crippen LogP contribution in [0.2, 0.25) is 0 Å². The minimum Gasteiger partial charge on any atom is -0.378 e. The number of morpholine rings is 1. The Morgan fingerprint density at radius 3 is 2.54 bits per heavy atom. The van der Waals surface area contributed by atoms with Crippen molar-refractivity contribution in [3.05, 3.63) is 24.3 Å². The summed E-state index contributed by atoms with van der Waals surface area (Å²) in [4.78, 5) is 10.2. The van der Waals surface area contributed by atoms with Crippen LogP contribution in [-0.4, -0.2) is 49.6 Å². The van der Waals surface area contributed by atoms with Gasteiger partial charge in [-0.3, -0.25) is 0 Å². The van der Waals surface area contributed by atoms with Gasteiger partial charge in [-0.15, -0.1) is 0 Å². The number of ether oxygens (including phenoxy) is 1. The molecule has 0 unspecified atom stereocenters. The van der Waals surface area contributed by atoms with Crippen molar-refractivity contribution in [1.29, 1.82) is 0 Å². The summed E-state index contributed by atoms with van der Waals surface area (Å²) in [5, 5.41) is 0. The molecule has 3 fully saturated rings. The lowest BCUT2D eigenvalue weighted by Gasteiger charge is -2.33. The predicted molar refractivity (Wildman–Crippen MR) is 99.4 cm³/mol. The molecule has 0 atom stereocenters. The summed E-state index contributed by atoms with van der Waals surface area (Å²) in [6, 6.07) is 9.36. The maximum absolute atomic E-state index is 5.51. The largest absolute Gasteiger partial charge is 0.378 e.